The standard InChI is InChI=1S/C14H13BrN2O2S/c15-12-7-14(9-16-8-12)20(18,19)17-13-5-4-10-2-1-3-11(10)6-13/h4-9,17H,1-3H2. The average Bonchev–Trinajstić information content (AvgIpc) is 2.85. The van der Waals surface area contributed by atoms with Crippen molar-refractivity contribution in [3.63, 3.8) is 0 Å². The normalized spacial score (nSPS) is 14.1. The second-order valence-corrected chi connectivity index (χ2v) is 7.38. The Morgan fingerprint density at radius 1 is 1.10 bits per heavy atom. The zero-order valence-electron chi connectivity index (χ0n) is 10.6. The molecule has 104 valence electrons. The van der Waals surface area contributed by atoms with Crippen LogP contribution >= 0.6 is 15.9 Å². The monoisotopic (exact) mass is 352 g/mol. The number of nitrogens with zero attached hydrogens (tertiary/aromatic N) is 1. The van der Waals surface area contributed by atoms with Gasteiger partial charge in [-0.15, -0.1) is 0 Å². The minimum Gasteiger partial charge on any atom is -0.280 e. The van der Waals surface area contributed by atoms with Crippen LogP contribution in [-0.2, 0) is 22.9 Å². The number of sulfonamides is 1. The van der Waals surface area contributed by atoms with E-state index < -0.39 is 10.0 Å². The van der Waals surface area contributed by atoms with Gasteiger partial charge in [-0.25, -0.2) is 8.42 Å². The van der Waals surface area contributed by atoms with Crippen molar-refractivity contribution < 1.29 is 8.42 Å². The Bertz CT molecular complexity index is 760. The fourth-order valence-corrected chi connectivity index (χ4v) is 3.94. The lowest BCUT2D eigenvalue weighted by Gasteiger charge is -2.09. The summed E-state index contributed by atoms with van der Waals surface area (Å²) in [5.74, 6) is 0. The van der Waals surface area contributed by atoms with E-state index in [2.05, 4.69) is 25.6 Å². The maximum absolute atomic E-state index is 12.3. The Labute approximate surface area is 126 Å². The Morgan fingerprint density at radius 3 is 2.70 bits per heavy atom. The molecule has 0 saturated heterocycles. The van der Waals surface area contributed by atoms with Gasteiger partial charge in [0.1, 0.15) is 4.90 Å². The topological polar surface area (TPSA) is 59.1 Å². The van der Waals surface area contributed by atoms with Gasteiger partial charge in [0, 0.05) is 22.6 Å². The third-order valence-electron chi connectivity index (χ3n) is 3.34. The number of fused-ring (bicyclic) bond motifs is 1. The largest absolute Gasteiger partial charge is 0.280 e. The molecule has 1 aliphatic carbocycles. The quantitative estimate of drug-likeness (QED) is 0.922. The van der Waals surface area contributed by atoms with Crippen LogP contribution in [0.5, 0.6) is 0 Å². The maximum atomic E-state index is 12.3. The first-order chi connectivity index (χ1) is 9.54. The summed E-state index contributed by atoms with van der Waals surface area (Å²) in [5, 5.41) is 0. The number of halogens is 1. The fraction of sp³-hybridized carbons (Fsp3) is 0.214. The third-order valence-corrected chi connectivity index (χ3v) is 5.12. The van der Waals surface area contributed by atoms with Crippen molar-refractivity contribution in [2.24, 2.45) is 0 Å². The SMILES string of the molecule is O=S(=O)(Nc1ccc2c(c1)CCC2)c1cncc(Br)c1. The molecule has 1 heterocycles. The number of rotatable bonds is 3. The molecule has 0 spiro atoms. The van der Waals surface area contributed by atoms with E-state index >= 15 is 0 Å². The van der Waals surface area contributed by atoms with Crippen molar-refractivity contribution in [2.45, 2.75) is 24.2 Å². The van der Waals surface area contributed by atoms with Crippen LogP contribution < -0.4 is 4.72 Å². The van der Waals surface area contributed by atoms with Crippen molar-refractivity contribution in [1.82, 2.24) is 4.98 Å². The van der Waals surface area contributed by atoms with Gasteiger partial charge < -0.3 is 0 Å². The van der Waals surface area contributed by atoms with E-state index in [4.69, 9.17) is 0 Å². The van der Waals surface area contributed by atoms with E-state index in [0.717, 1.165) is 19.3 Å². The number of anilines is 1. The van der Waals surface area contributed by atoms with E-state index in [1.165, 1.54) is 23.4 Å². The minimum absolute atomic E-state index is 0.146. The van der Waals surface area contributed by atoms with Gasteiger partial charge in [0.25, 0.3) is 10.0 Å². The second kappa shape index (κ2) is 5.18. The summed E-state index contributed by atoms with van der Waals surface area (Å²) >= 11 is 3.23. The molecule has 4 nitrogen and oxygen atoms in total. The van der Waals surface area contributed by atoms with Crippen molar-refractivity contribution in [1.29, 1.82) is 0 Å². The summed E-state index contributed by atoms with van der Waals surface area (Å²) in [6.07, 6.45) is 6.12. The fourth-order valence-electron chi connectivity index (χ4n) is 2.39. The molecule has 0 bridgehead atoms. The molecule has 0 aliphatic heterocycles. The van der Waals surface area contributed by atoms with Crippen molar-refractivity contribution in [3.05, 3.63) is 52.3 Å². The lowest BCUT2D eigenvalue weighted by Crippen LogP contribution is -2.13. The molecule has 0 saturated carbocycles. The molecular weight excluding hydrogens is 340 g/mol. The molecule has 3 rings (SSSR count). The molecule has 1 aromatic carbocycles. The van der Waals surface area contributed by atoms with Crippen molar-refractivity contribution in [2.75, 3.05) is 4.72 Å². The van der Waals surface area contributed by atoms with Gasteiger partial charge in [-0.05, 0) is 64.5 Å². The third kappa shape index (κ3) is 2.71. The Balaban J connectivity index is 1.90. The molecule has 1 aliphatic rings. The van der Waals surface area contributed by atoms with Crippen LogP contribution in [0, 0.1) is 0 Å². The molecule has 0 radical (unpaired) electrons. The predicted molar refractivity (Wildman–Crippen MR) is 81.2 cm³/mol. The predicted octanol–water partition coefficient (Wildman–Crippen LogP) is 3.13. The molecule has 2 aromatic rings. The summed E-state index contributed by atoms with van der Waals surface area (Å²) in [7, 11) is -3.60. The number of hydrogen-bond donors (Lipinski definition) is 1. The van der Waals surface area contributed by atoms with Crippen LogP contribution in [0.25, 0.3) is 0 Å². The van der Waals surface area contributed by atoms with Crippen LogP contribution in [0.3, 0.4) is 0 Å². The number of hydrogen-bond acceptors (Lipinski definition) is 3. The molecule has 0 fully saturated rings. The molecule has 20 heavy (non-hydrogen) atoms. The van der Waals surface area contributed by atoms with E-state index in [0.29, 0.717) is 10.2 Å². The highest BCUT2D eigenvalue weighted by atomic mass is 79.9. The van der Waals surface area contributed by atoms with Gasteiger partial charge in [-0.2, -0.15) is 0 Å². The van der Waals surface area contributed by atoms with Gasteiger partial charge in [0.15, 0.2) is 0 Å². The van der Waals surface area contributed by atoms with Gasteiger partial charge in [-0.3, -0.25) is 9.71 Å². The van der Waals surface area contributed by atoms with Crippen LogP contribution in [-0.4, -0.2) is 13.4 Å². The Kier molecular flexibility index (Phi) is 3.52. The summed E-state index contributed by atoms with van der Waals surface area (Å²) < 4.78 is 27.8. The molecule has 0 atom stereocenters. The summed E-state index contributed by atoms with van der Waals surface area (Å²) in [4.78, 5) is 4.03. The molecule has 6 heteroatoms. The number of benzene rings is 1. The van der Waals surface area contributed by atoms with Gasteiger partial charge >= 0.3 is 0 Å². The van der Waals surface area contributed by atoms with E-state index in [1.54, 1.807) is 6.20 Å². The molecular formula is C14H13BrN2O2S. The lowest BCUT2D eigenvalue weighted by molar-refractivity contribution is 0.600. The van der Waals surface area contributed by atoms with Crippen LogP contribution in [0.15, 0.2) is 46.0 Å². The van der Waals surface area contributed by atoms with E-state index in [-0.39, 0.29) is 4.90 Å². The Morgan fingerprint density at radius 2 is 1.90 bits per heavy atom. The van der Waals surface area contributed by atoms with E-state index in [1.807, 2.05) is 18.2 Å². The highest BCUT2D eigenvalue weighted by molar-refractivity contribution is 9.10. The highest BCUT2D eigenvalue weighted by Crippen LogP contribution is 2.26. The first-order valence-electron chi connectivity index (χ1n) is 6.30. The second-order valence-electron chi connectivity index (χ2n) is 4.78. The van der Waals surface area contributed by atoms with E-state index in [9.17, 15) is 8.42 Å². The highest BCUT2D eigenvalue weighted by Gasteiger charge is 2.17. The number of aromatic nitrogens is 1. The summed E-state index contributed by atoms with van der Waals surface area (Å²) in [6, 6.07) is 7.26. The van der Waals surface area contributed by atoms with Gasteiger partial charge in [0.05, 0.1) is 0 Å². The van der Waals surface area contributed by atoms with Gasteiger partial charge in [-0.1, -0.05) is 6.07 Å². The minimum atomic E-state index is -3.60. The molecule has 1 N–H and O–H groups in total. The number of nitrogens with one attached hydrogen (secondary N) is 1. The molecule has 0 unspecified atom stereocenters. The first-order valence-corrected chi connectivity index (χ1v) is 8.57. The molecule has 0 amide bonds. The average molecular weight is 353 g/mol. The first kappa shape index (κ1) is 13.6. The number of aryl methyl sites for hydroxylation is 2. The zero-order valence-corrected chi connectivity index (χ0v) is 13.0. The van der Waals surface area contributed by atoms with Crippen molar-refractivity contribution >= 4 is 31.6 Å². The smallest absolute Gasteiger partial charge is 0.263 e. The molecule has 1 aromatic heterocycles. The number of pyridine rings is 1. The zero-order chi connectivity index (χ0) is 14.2. The Hall–Kier alpha value is -1.40. The van der Waals surface area contributed by atoms with Crippen LogP contribution in [0.1, 0.15) is 17.5 Å². The lowest BCUT2D eigenvalue weighted by atomic mass is 10.1. The van der Waals surface area contributed by atoms with Gasteiger partial charge in [0.2, 0.25) is 0 Å². The van der Waals surface area contributed by atoms with Crippen molar-refractivity contribution in [3.8, 4) is 0 Å². The van der Waals surface area contributed by atoms with Crippen LogP contribution in [0.2, 0.25) is 0 Å². The summed E-state index contributed by atoms with van der Waals surface area (Å²) in [5.41, 5.74) is 3.15. The summed E-state index contributed by atoms with van der Waals surface area (Å²) in [6.45, 7) is 0. The maximum Gasteiger partial charge on any atom is 0.263 e. The van der Waals surface area contributed by atoms with Crippen LogP contribution in [0.4, 0.5) is 5.69 Å².